The number of nitrogens with zero attached hydrogens (tertiary/aromatic N) is 4. The van der Waals surface area contributed by atoms with Crippen molar-refractivity contribution in [2.75, 3.05) is 0 Å². The van der Waals surface area contributed by atoms with Gasteiger partial charge in [0, 0.05) is 17.5 Å². The predicted molar refractivity (Wildman–Crippen MR) is 88.7 cm³/mol. The van der Waals surface area contributed by atoms with Crippen molar-refractivity contribution in [3.63, 3.8) is 0 Å². The molecule has 1 aromatic carbocycles. The van der Waals surface area contributed by atoms with Gasteiger partial charge in [0.15, 0.2) is 12.3 Å². The Kier molecular flexibility index (Phi) is 3.92. The van der Waals surface area contributed by atoms with Crippen molar-refractivity contribution in [2.24, 2.45) is 0 Å². The van der Waals surface area contributed by atoms with Crippen LogP contribution in [-0.2, 0) is 11.3 Å². The smallest absolute Gasteiger partial charge is 0.359 e. The van der Waals surface area contributed by atoms with Crippen LogP contribution in [0.4, 0.5) is 4.39 Å². The molecule has 0 unspecified atom stereocenters. The van der Waals surface area contributed by atoms with E-state index in [1.54, 1.807) is 16.7 Å². The third kappa shape index (κ3) is 3.04. The number of carbonyl (C=O) groups excluding carboxylic acids is 1. The van der Waals surface area contributed by atoms with Gasteiger partial charge in [-0.2, -0.15) is 4.98 Å². The predicted octanol–water partition coefficient (Wildman–Crippen LogP) is 3.19. The average molecular weight is 352 g/mol. The SMILES string of the molecule is Cc1cccc2nc(C(=O)OCc3nc(-c4ccc(F)cc4)no3)cn12. The van der Waals surface area contributed by atoms with Crippen LogP contribution >= 0.6 is 0 Å². The standard InChI is InChI=1S/C18H13FN4O3/c1-11-3-2-4-15-20-14(9-23(11)15)18(24)25-10-16-21-17(22-26-16)12-5-7-13(19)8-6-12/h2-9H,10H2,1H3. The molecule has 0 spiro atoms. The number of imidazole rings is 1. The zero-order chi connectivity index (χ0) is 18.1. The maximum absolute atomic E-state index is 13.0. The molecule has 8 heteroatoms. The number of fused-ring (bicyclic) bond motifs is 1. The molecule has 0 aliphatic heterocycles. The number of halogens is 1. The zero-order valence-electron chi connectivity index (χ0n) is 13.7. The topological polar surface area (TPSA) is 82.5 Å². The van der Waals surface area contributed by atoms with Gasteiger partial charge in [0.2, 0.25) is 5.82 Å². The van der Waals surface area contributed by atoms with E-state index in [1.165, 1.54) is 24.3 Å². The highest BCUT2D eigenvalue weighted by molar-refractivity contribution is 5.88. The van der Waals surface area contributed by atoms with E-state index in [0.29, 0.717) is 17.0 Å². The summed E-state index contributed by atoms with van der Waals surface area (Å²) >= 11 is 0. The van der Waals surface area contributed by atoms with E-state index >= 15 is 0 Å². The highest BCUT2D eigenvalue weighted by Crippen LogP contribution is 2.17. The molecule has 0 aliphatic rings. The molecule has 7 nitrogen and oxygen atoms in total. The maximum Gasteiger partial charge on any atom is 0.359 e. The molecule has 3 aromatic heterocycles. The molecule has 130 valence electrons. The van der Waals surface area contributed by atoms with Crippen LogP contribution in [-0.4, -0.2) is 25.5 Å². The summed E-state index contributed by atoms with van der Waals surface area (Å²) in [5, 5.41) is 3.79. The van der Waals surface area contributed by atoms with Gasteiger partial charge < -0.3 is 13.7 Å². The highest BCUT2D eigenvalue weighted by atomic mass is 19.1. The molecular formula is C18H13FN4O3. The summed E-state index contributed by atoms with van der Waals surface area (Å²) in [5.41, 5.74) is 2.41. The number of hydrogen-bond acceptors (Lipinski definition) is 6. The molecule has 0 saturated heterocycles. The van der Waals surface area contributed by atoms with Crippen molar-refractivity contribution >= 4 is 11.6 Å². The monoisotopic (exact) mass is 352 g/mol. The summed E-state index contributed by atoms with van der Waals surface area (Å²) in [6.07, 6.45) is 1.62. The fourth-order valence-electron chi connectivity index (χ4n) is 2.48. The van der Waals surface area contributed by atoms with Crippen LogP contribution < -0.4 is 0 Å². The average Bonchev–Trinajstić information content (AvgIpc) is 3.28. The first-order chi connectivity index (χ1) is 12.6. The Labute approximate surface area is 147 Å². The Hall–Kier alpha value is -3.55. The van der Waals surface area contributed by atoms with Crippen molar-refractivity contribution in [2.45, 2.75) is 13.5 Å². The van der Waals surface area contributed by atoms with E-state index in [-0.39, 0.29) is 24.0 Å². The third-order valence-corrected chi connectivity index (χ3v) is 3.80. The molecule has 4 rings (SSSR count). The van der Waals surface area contributed by atoms with E-state index < -0.39 is 5.97 Å². The van der Waals surface area contributed by atoms with Crippen LogP contribution in [0.15, 0.2) is 53.2 Å². The maximum atomic E-state index is 13.0. The first-order valence-corrected chi connectivity index (χ1v) is 7.80. The molecule has 0 amide bonds. The lowest BCUT2D eigenvalue weighted by Gasteiger charge is -1.98. The first-order valence-electron chi connectivity index (χ1n) is 7.80. The van der Waals surface area contributed by atoms with E-state index in [2.05, 4.69) is 15.1 Å². The Morgan fingerprint density at radius 3 is 2.77 bits per heavy atom. The van der Waals surface area contributed by atoms with Crippen molar-refractivity contribution in [1.29, 1.82) is 0 Å². The second-order valence-electron chi connectivity index (χ2n) is 5.62. The van der Waals surface area contributed by atoms with Gasteiger partial charge >= 0.3 is 5.97 Å². The largest absolute Gasteiger partial charge is 0.451 e. The van der Waals surface area contributed by atoms with Crippen LogP contribution in [0.2, 0.25) is 0 Å². The third-order valence-electron chi connectivity index (χ3n) is 3.80. The van der Waals surface area contributed by atoms with Gasteiger partial charge in [-0.05, 0) is 43.3 Å². The molecule has 0 bridgehead atoms. The van der Waals surface area contributed by atoms with E-state index in [0.717, 1.165) is 5.69 Å². The Morgan fingerprint density at radius 2 is 2.00 bits per heavy atom. The molecular weight excluding hydrogens is 339 g/mol. The summed E-state index contributed by atoms with van der Waals surface area (Å²) in [4.78, 5) is 20.5. The fraction of sp³-hybridized carbons (Fsp3) is 0.111. The van der Waals surface area contributed by atoms with E-state index in [1.807, 2.05) is 19.1 Å². The van der Waals surface area contributed by atoms with Crippen molar-refractivity contribution in [3.8, 4) is 11.4 Å². The van der Waals surface area contributed by atoms with Gasteiger partial charge in [0.1, 0.15) is 11.5 Å². The first kappa shape index (κ1) is 15.9. The molecule has 0 fully saturated rings. The summed E-state index contributed by atoms with van der Waals surface area (Å²) in [5.74, 6) is -0.513. The van der Waals surface area contributed by atoms with Crippen LogP contribution in [0.1, 0.15) is 22.1 Å². The summed E-state index contributed by atoms with van der Waals surface area (Å²) in [6, 6.07) is 11.3. The number of carbonyl (C=O) groups is 1. The molecule has 0 radical (unpaired) electrons. The minimum absolute atomic E-state index is 0.137. The van der Waals surface area contributed by atoms with Crippen LogP contribution in [0.25, 0.3) is 17.0 Å². The number of aryl methyl sites for hydroxylation is 1. The lowest BCUT2D eigenvalue weighted by molar-refractivity contribution is 0.0423. The Bertz CT molecular complexity index is 1090. The minimum Gasteiger partial charge on any atom is -0.451 e. The number of esters is 1. The molecule has 0 saturated carbocycles. The molecule has 0 atom stereocenters. The number of rotatable bonds is 4. The highest BCUT2D eigenvalue weighted by Gasteiger charge is 2.15. The van der Waals surface area contributed by atoms with Crippen LogP contribution in [0.5, 0.6) is 0 Å². The fourth-order valence-corrected chi connectivity index (χ4v) is 2.48. The van der Waals surface area contributed by atoms with Gasteiger partial charge in [-0.25, -0.2) is 14.2 Å². The molecule has 26 heavy (non-hydrogen) atoms. The summed E-state index contributed by atoms with van der Waals surface area (Å²) in [7, 11) is 0. The van der Waals surface area contributed by atoms with Gasteiger partial charge in [0.25, 0.3) is 5.89 Å². The van der Waals surface area contributed by atoms with E-state index in [4.69, 9.17) is 9.26 Å². The lowest BCUT2D eigenvalue weighted by Crippen LogP contribution is -2.05. The second kappa shape index (κ2) is 6.40. The van der Waals surface area contributed by atoms with Crippen LogP contribution in [0.3, 0.4) is 0 Å². The number of aromatic nitrogens is 4. The number of pyridine rings is 1. The Balaban J connectivity index is 1.46. The Morgan fingerprint density at radius 1 is 1.19 bits per heavy atom. The van der Waals surface area contributed by atoms with Crippen molar-refractivity contribution < 1.29 is 18.4 Å². The van der Waals surface area contributed by atoms with Gasteiger partial charge in [-0.15, -0.1) is 0 Å². The van der Waals surface area contributed by atoms with Gasteiger partial charge in [-0.1, -0.05) is 11.2 Å². The zero-order valence-corrected chi connectivity index (χ0v) is 13.7. The molecule has 0 N–H and O–H groups in total. The van der Waals surface area contributed by atoms with Gasteiger partial charge in [0.05, 0.1) is 0 Å². The molecule has 0 aliphatic carbocycles. The molecule has 4 aromatic rings. The normalized spacial score (nSPS) is 11.0. The lowest BCUT2D eigenvalue weighted by atomic mass is 10.2. The van der Waals surface area contributed by atoms with E-state index in [9.17, 15) is 9.18 Å². The minimum atomic E-state index is -0.588. The second-order valence-corrected chi connectivity index (χ2v) is 5.62. The van der Waals surface area contributed by atoms with Crippen LogP contribution in [0, 0.1) is 12.7 Å². The number of ether oxygens (including phenoxy) is 1. The van der Waals surface area contributed by atoms with Crippen molar-refractivity contribution in [1.82, 2.24) is 19.5 Å². The summed E-state index contributed by atoms with van der Waals surface area (Å²) < 4.78 is 25.0. The van der Waals surface area contributed by atoms with Crippen molar-refractivity contribution in [3.05, 3.63) is 71.8 Å². The van der Waals surface area contributed by atoms with Gasteiger partial charge in [-0.3, -0.25) is 0 Å². The number of hydrogen-bond donors (Lipinski definition) is 0. The quantitative estimate of drug-likeness (QED) is 0.525. The summed E-state index contributed by atoms with van der Waals surface area (Å²) in [6.45, 7) is 1.74. The molecule has 3 heterocycles. The number of benzene rings is 1.